The summed E-state index contributed by atoms with van der Waals surface area (Å²) in [5.74, 6) is -0.681. The molecular formula is C23H38N2O6. The molecule has 8 nitrogen and oxygen atoms in total. The van der Waals surface area contributed by atoms with E-state index in [0.717, 1.165) is 0 Å². The molecule has 0 aromatic carbocycles. The van der Waals surface area contributed by atoms with Gasteiger partial charge >= 0.3 is 18.2 Å². The lowest BCUT2D eigenvalue weighted by atomic mass is 9.96. The Morgan fingerprint density at radius 2 is 1.32 bits per heavy atom. The number of carbonyl (C=O) groups is 3. The van der Waals surface area contributed by atoms with Crippen LogP contribution in [0.2, 0.25) is 0 Å². The number of esters is 1. The van der Waals surface area contributed by atoms with Crippen molar-refractivity contribution in [3.8, 4) is 0 Å². The number of rotatable bonds is 3. The van der Waals surface area contributed by atoms with Gasteiger partial charge in [0.25, 0.3) is 0 Å². The molecule has 176 valence electrons. The van der Waals surface area contributed by atoms with Crippen LogP contribution in [-0.4, -0.2) is 69.4 Å². The minimum atomic E-state index is -0.817. The van der Waals surface area contributed by atoms with Crippen molar-refractivity contribution in [2.45, 2.75) is 104 Å². The van der Waals surface area contributed by atoms with Gasteiger partial charge in [0.15, 0.2) is 0 Å². The van der Waals surface area contributed by atoms with Gasteiger partial charge in [-0.3, -0.25) is 9.80 Å². The van der Waals surface area contributed by atoms with Gasteiger partial charge in [-0.1, -0.05) is 6.08 Å². The van der Waals surface area contributed by atoms with Crippen molar-refractivity contribution in [3.05, 3.63) is 12.7 Å². The number of nitrogens with zero attached hydrogens (tertiary/aromatic N) is 2. The molecule has 31 heavy (non-hydrogen) atoms. The van der Waals surface area contributed by atoms with Crippen LogP contribution >= 0.6 is 0 Å². The van der Waals surface area contributed by atoms with Gasteiger partial charge in [-0.25, -0.2) is 14.4 Å². The number of carbonyl (C=O) groups excluding carboxylic acids is 3. The predicted molar refractivity (Wildman–Crippen MR) is 117 cm³/mol. The lowest BCUT2D eigenvalue weighted by Gasteiger charge is -2.33. The fourth-order valence-electron chi connectivity index (χ4n) is 3.75. The van der Waals surface area contributed by atoms with Crippen molar-refractivity contribution in [1.29, 1.82) is 0 Å². The van der Waals surface area contributed by atoms with E-state index in [1.54, 1.807) is 73.3 Å². The zero-order chi connectivity index (χ0) is 23.9. The van der Waals surface area contributed by atoms with Gasteiger partial charge < -0.3 is 14.2 Å². The largest absolute Gasteiger partial charge is 0.458 e. The summed E-state index contributed by atoms with van der Waals surface area (Å²) in [7, 11) is 0. The Morgan fingerprint density at radius 3 is 1.77 bits per heavy atom. The highest BCUT2D eigenvalue weighted by atomic mass is 16.6. The lowest BCUT2D eigenvalue weighted by Crippen LogP contribution is -2.51. The van der Waals surface area contributed by atoms with Gasteiger partial charge in [-0.15, -0.1) is 6.58 Å². The van der Waals surface area contributed by atoms with E-state index in [1.807, 2.05) is 0 Å². The molecule has 0 aromatic heterocycles. The molecule has 2 heterocycles. The summed E-state index contributed by atoms with van der Waals surface area (Å²) in [6.07, 6.45) is 1.05. The number of amides is 2. The van der Waals surface area contributed by atoms with Crippen LogP contribution in [0.5, 0.6) is 0 Å². The van der Waals surface area contributed by atoms with Crippen LogP contribution < -0.4 is 0 Å². The molecule has 2 rings (SSSR count). The van der Waals surface area contributed by atoms with Crippen LogP contribution in [-0.2, 0) is 19.0 Å². The molecular weight excluding hydrogens is 400 g/mol. The van der Waals surface area contributed by atoms with Gasteiger partial charge in [-0.05, 0) is 68.7 Å². The Kier molecular flexibility index (Phi) is 6.74. The normalized spacial score (nSPS) is 26.4. The van der Waals surface area contributed by atoms with E-state index in [9.17, 15) is 14.4 Å². The van der Waals surface area contributed by atoms with Crippen molar-refractivity contribution in [3.63, 3.8) is 0 Å². The first-order chi connectivity index (χ1) is 13.9. The topological polar surface area (TPSA) is 85.2 Å². The molecule has 0 bridgehead atoms. The van der Waals surface area contributed by atoms with Crippen LogP contribution in [0.25, 0.3) is 0 Å². The summed E-state index contributed by atoms with van der Waals surface area (Å²) in [4.78, 5) is 41.7. The van der Waals surface area contributed by atoms with Crippen molar-refractivity contribution in [2.24, 2.45) is 5.92 Å². The van der Waals surface area contributed by atoms with E-state index in [-0.39, 0.29) is 12.0 Å². The maximum absolute atomic E-state index is 13.2. The van der Waals surface area contributed by atoms with Crippen LogP contribution in [0.15, 0.2) is 12.7 Å². The Hall–Kier alpha value is -2.25. The minimum absolute atomic E-state index is 0.192. The molecule has 0 aliphatic carbocycles. The van der Waals surface area contributed by atoms with E-state index < -0.39 is 47.0 Å². The molecule has 0 N–H and O–H groups in total. The molecule has 2 saturated heterocycles. The second-order valence-electron chi connectivity index (χ2n) is 11.3. The molecule has 2 amide bonds. The van der Waals surface area contributed by atoms with Gasteiger partial charge in [0, 0.05) is 12.5 Å². The fraction of sp³-hybridized carbons (Fsp3) is 0.783. The molecule has 2 fully saturated rings. The second-order valence-corrected chi connectivity index (χ2v) is 11.3. The molecule has 4 atom stereocenters. The first-order valence-corrected chi connectivity index (χ1v) is 10.8. The average molecular weight is 439 g/mol. The summed E-state index contributed by atoms with van der Waals surface area (Å²) < 4.78 is 16.7. The molecule has 2 aliphatic heterocycles. The van der Waals surface area contributed by atoms with Gasteiger partial charge in [-0.2, -0.15) is 0 Å². The zero-order valence-corrected chi connectivity index (χ0v) is 20.4. The van der Waals surface area contributed by atoms with Crippen LogP contribution in [0, 0.1) is 5.92 Å². The highest BCUT2D eigenvalue weighted by molar-refractivity contribution is 5.83. The van der Waals surface area contributed by atoms with Crippen molar-refractivity contribution in [1.82, 2.24) is 9.80 Å². The second kappa shape index (κ2) is 8.36. The first-order valence-electron chi connectivity index (χ1n) is 10.8. The third-order valence-electron chi connectivity index (χ3n) is 4.85. The van der Waals surface area contributed by atoms with Crippen LogP contribution in [0.4, 0.5) is 9.59 Å². The summed E-state index contributed by atoms with van der Waals surface area (Å²) >= 11 is 0. The van der Waals surface area contributed by atoms with Crippen molar-refractivity contribution >= 4 is 18.2 Å². The van der Waals surface area contributed by atoms with Gasteiger partial charge in [0.05, 0.1) is 12.1 Å². The minimum Gasteiger partial charge on any atom is -0.458 e. The molecule has 8 heteroatoms. The average Bonchev–Trinajstić information content (AvgIpc) is 3.22. The fourth-order valence-corrected chi connectivity index (χ4v) is 3.75. The number of hydrogen-bond donors (Lipinski definition) is 0. The van der Waals surface area contributed by atoms with Crippen molar-refractivity contribution in [2.75, 3.05) is 6.54 Å². The van der Waals surface area contributed by atoms with Crippen LogP contribution in [0.3, 0.4) is 0 Å². The summed E-state index contributed by atoms with van der Waals surface area (Å²) in [5, 5.41) is 0. The Bertz CT molecular complexity index is 728. The maximum atomic E-state index is 13.2. The third kappa shape index (κ3) is 6.61. The smallest absolute Gasteiger partial charge is 0.411 e. The maximum Gasteiger partial charge on any atom is 0.411 e. The predicted octanol–water partition coefficient (Wildman–Crippen LogP) is 4.13. The zero-order valence-electron chi connectivity index (χ0n) is 20.4. The quantitative estimate of drug-likeness (QED) is 0.285. The number of likely N-dealkylation sites (tertiary alicyclic amines) is 1. The molecule has 0 spiro atoms. The molecule has 0 aromatic rings. The summed E-state index contributed by atoms with van der Waals surface area (Å²) in [5.41, 5.74) is -2.05. The Balaban J connectivity index is 2.32. The van der Waals surface area contributed by atoms with Crippen molar-refractivity contribution < 1.29 is 28.6 Å². The molecule has 2 aliphatic rings. The van der Waals surface area contributed by atoms with Crippen LogP contribution in [0.1, 0.15) is 68.7 Å². The molecule has 0 saturated carbocycles. The summed E-state index contributed by atoms with van der Waals surface area (Å²) in [6.45, 7) is 20.4. The first kappa shape index (κ1) is 25.0. The lowest BCUT2D eigenvalue weighted by molar-refractivity contribution is -0.160. The molecule has 0 radical (unpaired) electrons. The number of ether oxygens (including phenoxy) is 3. The Morgan fingerprint density at radius 1 is 0.839 bits per heavy atom. The SMILES string of the molecule is C=C[C@@H]1C[C@H](C(=O)OC(C)(C)C)N(C(=O)OC(C)(C)C)[C@H]1[C@@H]1CN1C(=O)OC(C)(C)C. The highest BCUT2D eigenvalue weighted by Gasteiger charge is 2.58. The molecule has 0 unspecified atom stereocenters. The van der Waals surface area contributed by atoms with E-state index in [2.05, 4.69) is 6.58 Å². The van der Waals surface area contributed by atoms with Gasteiger partial charge in [0.1, 0.15) is 22.8 Å². The van der Waals surface area contributed by atoms with E-state index in [0.29, 0.717) is 13.0 Å². The summed E-state index contributed by atoms with van der Waals surface area (Å²) in [6, 6.07) is -1.54. The Labute approximate surface area is 185 Å². The van der Waals surface area contributed by atoms with E-state index in [4.69, 9.17) is 14.2 Å². The van der Waals surface area contributed by atoms with E-state index in [1.165, 1.54) is 4.90 Å². The highest BCUT2D eigenvalue weighted by Crippen LogP contribution is 2.41. The number of hydrogen-bond acceptors (Lipinski definition) is 6. The van der Waals surface area contributed by atoms with E-state index >= 15 is 0 Å². The monoisotopic (exact) mass is 438 g/mol. The third-order valence-corrected chi connectivity index (χ3v) is 4.85. The standard InChI is InChI=1S/C23H38N2O6/c1-11-14-12-15(18(26)29-21(2,3)4)25(20(28)31-23(8,9)10)17(14)16-13-24(16)19(27)30-22(5,6)7/h11,14-17H,1,12-13H2,2-10H3/t14-,15-,16+,17-,24?/m1/s1. The van der Waals surface area contributed by atoms with Gasteiger partial charge in [0.2, 0.25) is 0 Å².